The van der Waals surface area contributed by atoms with E-state index in [1.165, 1.54) is 56.1 Å². The van der Waals surface area contributed by atoms with Crippen molar-refractivity contribution in [2.24, 2.45) is 35.3 Å². The molecule has 0 radical (unpaired) electrons. The predicted octanol–water partition coefficient (Wildman–Crippen LogP) is 4.84. The highest BCUT2D eigenvalue weighted by molar-refractivity contribution is 5.44. The van der Waals surface area contributed by atoms with Gasteiger partial charge < -0.3 is 26.0 Å². The van der Waals surface area contributed by atoms with Gasteiger partial charge in [-0.25, -0.2) is 0 Å². The van der Waals surface area contributed by atoms with Crippen molar-refractivity contribution in [3.8, 4) is 17.6 Å². The molecule has 0 amide bonds. The Morgan fingerprint density at radius 2 is 1.89 bits per heavy atom. The molecule has 7 rings (SSSR count). The monoisotopic (exact) mass is 520 g/mol. The number of ether oxygens (including phenoxy) is 1. The lowest BCUT2D eigenvalue weighted by Gasteiger charge is -2.70. The zero-order chi connectivity index (χ0) is 26.5. The molecule has 0 unspecified atom stereocenters. The number of hydrogen-bond acceptors (Lipinski definition) is 5. The highest BCUT2D eigenvalue weighted by atomic mass is 16.5. The summed E-state index contributed by atoms with van der Waals surface area (Å²) in [6, 6.07) is 3.87. The van der Waals surface area contributed by atoms with Crippen LogP contribution >= 0.6 is 0 Å². The lowest BCUT2D eigenvalue weighted by molar-refractivity contribution is -0.326. The summed E-state index contributed by atoms with van der Waals surface area (Å²) in [5, 5.41) is 24.2. The van der Waals surface area contributed by atoms with E-state index in [-0.39, 0.29) is 29.6 Å². The van der Waals surface area contributed by atoms with Gasteiger partial charge >= 0.3 is 0 Å². The van der Waals surface area contributed by atoms with E-state index >= 15 is 0 Å². The number of aromatic hydroxyl groups is 1. The molecule has 1 aromatic carbocycles. The third-order valence-electron chi connectivity index (χ3n) is 11.6. The zero-order valence-electron chi connectivity index (χ0n) is 23.5. The SMILES string of the molecule is CNCc1cc(O)cc2c1C[C@H]1CCC[C@@H](C1)[C@]13CC[C@@H]([C@@](N)(CCO)[C@H]1C#CC2)[C@](C)(C1CCCC1)O3. The first kappa shape index (κ1) is 26.6. The van der Waals surface area contributed by atoms with E-state index in [0.717, 1.165) is 37.8 Å². The van der Waals surface area contributed by atoms with Gasteiger partial charge in [0.15, 0.2) is 0 Å². The molecule has 0 aromatic heterocycles. The Labute approximate surface area is 229 Å². The highest BCUT2D eigenvalue weighted by Crippen LogP contribution is 2.65. The molecule has 1 aromatic rings. The molecule has 5 N–H and O–H groups in total. The van der Waals surface area contributed by atoms with Gasteiger partial charge in [0.1, 0.15) is 5.75 Å². The van der Waals surface area contributed by atoms with E-state index in [4.69, 9.17) is 10.5 Å². The quantitative estimate of drug-likeness (QED) is 0.417. The van der Waals surface area contributed by atoms with Crippen molar-refractivity contribution in [1.82, 2.24) is 5.32 Å². The molecule has 4 bridgehead atoms. The van der Waals surface area contributed by atoms with Crippen LogP contribution < -0.4 is 11.1 Å². The van der Waals surface area contributed by atoms with Crippen LogP contribution in [0.4, 0.5) is 0 Å². The number of benzene rings is 1. The molecule has 6 aliphatic rings. The molecule has 7 atom stereocenters. The average molecular weight is 521 g/mol. The first-order valence-electron chi connectivity index (χ1n) is 15.4. The fourth-order valence-corrected chi connectivity index (χ4v) is 10.0. The number of aliphatic hydroxyl groups is 1. The second kappa shape index (κ2) is 10.1. The Bertz CT molecular complexity index is 1100. The summed E-state index contributed by atoms with van der Waals surface area (Å²) in [7, 11) is 1.97. The van der Waals surface area contributed by atoms with Crippen LogP contribution in [0.1, 0.15) is 94.2 Å². The van der Waals surface area contributed by atoms with E-state index in [9.17, 15) is 10.2 Å². The van der Waals surface area contributed by atoms with Gasteiger partial charge in [-0.2, -0.15) is 0 Å². The number of nitrogens with two attached hydrogens (primary N) is 1. The van der Waals surface area contributed by atoms with E-state index in [1.807, 2.05) is 19.2 Å². The van der Waals surface area contributed by atoms with Crippen LogP contribution in [0, 0.1) is 41.4 Å². The number of rotatable bonds is 5. The third kappa shape index (κ3) is 4.14. The normalized spacial score (nSPS) is 40.5. The zero-order valence-corrected chi connectivity index (χ0v) is 23.5. The minimum absolute atomic E-state index is 0.0743. The van der Waals surface area contributed by atoms with Crippen molar-refractivity contribution in [2.45, 2.75) is 114 Å². The maximum absolute atomic E-state index is 10.6. The van der Waals surface area contributed by atoms with Crippen molar-refractivity contribution >= 4 is 0 Å². The van der Waals surface area contributed by atoms with Gasteiger partial charge in [0, 0.05) is 31.0 Å². The molecule has 1 spiro atoms. The van der Waals surface area contributed by atoms with Crippen LogP contribution in [0.3, 0.4) is 0 Å². The summed E-state index contributed by atoms with van der Waals surface area (Å²) in [6.07, 6.45) is 14.2. The van der Waals surface area contributed by atoms with E-state index in [2.05, 4.69) is 24.1 Å². The Hall–Kier alpha value is -1.58. The summed E-state index contributed by atoms with van der Waals surface area (Å²) in [5.74, 6) is 9.38. The Morgan fingerprint density at radius 3 is 2.66 bits per heavy atom. The van der Waals surface area contributed by atoms with Gasteiger partial charge in [-0.3, -0.25) is 0 Å². The molecule has 38 heavy (non-hydrogen) atoms. The number of phenols is 1. The minimum atomic E-state index is -0.546. The molecule has 2 aliphatic heterocycles. The second-order valence-electron chi connectivity index (χ2n) is 13.5. The van der Waals surface area contributed by atoms with Crippen LogP contribution in [0.2, 0.25) is 0 Å². The van der Waals surface area contributed by atoms with Gasteiger partial charge in [0.05, 0.1) is 17.1 Å². The number of fused-ring (bicyclic) bond motifs is 5. The molecule has 2 heterocycles. The van der Waals surface area contributed by atoms with Gasteiger partial charge in [-0.05, 0) is 112 Å². The molecule has 5 fully saturated rings. The molecule has 2 saturated heterocycles. The van der Waals surface area contributed by atoms with Crippen LogP contribution in [-0.4, -0.2) is 40.6 Å². The van der Waals surface area contributed by atoms with Crippen molar-refractivity contribution in [3.63, 3.8) is 0 Å². The summed E-state index contributed by atoms with van der Waals surface area (Å²) in [5.41, 5.74) is 10.2. The fourth-order valence-electron chi connectivity index (χ4n) is 10.0. The maximum atomic E-state index is 10.6. The average Bonchev–Trinajstić information content (AvgIpc) is 3.44. The lowest BCUT2D eigenvalue weighted by Crippen LogP contribution is -2.78. The third-order valence-corrected chi connectivity index (χ3v) is 11.6. The first-order chi connectivity index (χ1) is 18.3. The fraction of sp³-hybridized carbons (Fsp3) is 0.758. The van der Waals surface area contributed by atoms with Crippen molar-refractivity contribution in [1.29, 1.82) is 0 Å². The summed E-state index contributed by atoms with van der Waals surface area (Å²) >= 11 is 0. The van der Waals surface area contributed by atoms with E-state index < -0.39 is 5.54 Å². The van der Waals surface area contributed by atoms with Gasteiger partial charge in [0.25, 0.3) is 0 Å². The van der Waals surface area contributed by atoms with E-state index in [0.29, 0.717) is 36.3 Å². The molecular formula is C33H48N2O3. The number of phenolic OH excluding ortho intramolecular Hbond substituents is 1. The highest BCUT2D eigenvalue weighted by Gasteiger charge is 2.70. The Kier molecular flexibility index (Phi) is 7.09. The molecule has 4 aliphatic carbocycles. The largest absolute Gasteiger partial charge is 0.508 e. The first-order valence-corrected chi connectivity index (χ1v) is 15.4. The number of aliphatic hydroxyl groups excluding tert-OH is 1. The smallest absolute Gasteiger partial charge is 0.116 e. The number of hydrogen-bond donors (Lipinski definition) is 4. The van der Waals surface area contributed by atoms with Crippen LogP contribution in [0.25, 0.3) is 0 Å². The molecule has 208 valence electrons. The molecule has 3 saturated carbocycles. The maximum Gasteiger partial charge on any atom is 0.116 e. The van der Waals surface area contributed by atoms with E-state index in [1.54, 1.807) is 0 Å². The van der Waals surface area contributed by atoms with Crippen molar-refractivity contribution < 1.29 is 14.9 Å². The lowest BCUT2D eigenvalue weighted by atomic mass is 9.47. The van der Waals surface area contributed by atoms with Gasteiger partial charge in [-0.1, -0.05) is 37.5 Å². The summed E-state index contributed by atoms with van der Waals surface area (Å²) in [4.78, 5) is 0. The summed E-state index contributed by atoms with van der Waals surface area (Å²) < 4.78 is 7.59. The predicted molar refractivity (Wildman–Crippen MR) is 151 cm³/mol. The molecular weight excluding hydrogens is 472 g/mol. The standard InChI is InChI=1S/C33H48N2O3/c1-31(25-9-3-4-10-25)29-13-14-33(38-31)26-11-5-7-22(17-26)18-28-23(19-27(37)20-24(28)21-35-2)8-6-12-30(33)32(29,34)15-16-36/h19-20,22,25-26,29-30,35-37H,3-5,7-11,13-18,21,34H2,1-2H3/t22-,26-,29+,30+,31-,32-,33+/m0/s1. The van der Waals surface area contributed by atoms with Gasteiger partial charge in [-0.15, -0.1) is 0 Å². The topological polar surface area (TPSA) is 87.7 Å². The molecule has 5 heteroatoms. The van der Waals surface area contributed by atoms with Crippen LogP contribution in [0.15, 0.2) is 12.1 Å². The van der Waals surface area contributed by atoms with Crippen molar-refractivity contribution in [2.75, 3.05) is 13.7 Å². The number of nitrogens with one attached hydrogen (secondary N) is 1. The Balaban J connectivity index is 1.48. The van der Waals surface area contributed by atoms with Crippen LogP contribution in [0.5, 0.6) is 5.75 Å². The minimum Gasteiger partial charge on any atom is -0.508 e. The van der Waals surface area contributed by atoms with Crippen LogP contribution in [-0.2, 0) is 24.1 Å². The summed E-state index contributed by atoms with van der Waals surface area (Å²) in [6.45, 7) is 3.23. The van der Waals surface area contributed by atoms with Crippen molar-refractivity contribution in [3.05, 3.63) is 28.8 Å². The van der Waals surface area contributed by atoms with Gasteiger partial charge in [0.2, 0.25) is 0 Å². The Morgan fingerprint density at radius 1 is 1.11 bits per heavy atom. The molecule has 5 nitrogen and oxygen atoms in total. The second-order valence-corrected chi connectivity index (χ2v) is 13.5.